The highest BCUT2D eigenvalue weighted by atomic mass is 16.5. The largest absolute Gasteiger partial charge is 0.492 e. The monoisotopic (exact) mass is 285 g/mol. The Bertz CT molecular complexity index is 581. The molecule has 0 aromatic heterocycles. The highest BCUT2D eigenvalue weighted by Crippen LogP contribution is 2.23. The first-order chi connectivity index (χ1) is 10.2. The summed E-state index contributed by atoms with van der Waals surface area (Å²) in [7, 11) is 0. The number of para-hydroxylation sites is 2. The van der Waals surface area contributed by atoms with Gasteiger partial charge in [0, 0.05) is 6.54 Å². The van der Waals surface area contributed by atoms with E-state index in [-0.39, 0.29) is 0 Å². The van der Waals surface area contributed by atoms with Crippen molar-refractivity contribution in [3.05, 3.63) is 53.6 Å². The third-order valence-corrected chi connectivity index (χ3v) is 3.35. The molecule has 1 N–H and O–H groups in total. The zero-order valence-corrected chi connectivity index (χ0v) is 13.0. The van der Waals surface area contributed by atoms with Crippen LogP contribution in [0, 0.1) is 13.8 Å². The first kappa shape index (κ1) is 15.2. The van der Waals surface area contributed by atoms with Crippen molar-refractivity contribution in [3.63, 3.8) is 0 Å². The van der Waals surface area contributed by atoms with E-state index in [0.717, 1.165) is 23.7 Å². The van der Waals surface area contributed by atoms with Gasteiger partial charge in [0.2, 0.25) is 0 Å². The molecule has 3 heteroatoms. The van der Waals surface area contributed by atoms with Gasteiger partial charge >= 0.3 is 0 Å². The molecule has 0 aliphatic rings. The zero-order valence-electron chi connectivity index (χ0n) is 13.0. The van der Waals surface area contributed by atoms with E-state index < -0.39 is 0 Å². The summed E-state index contributed by atoms with van der Waals surface area (Å²) >= 11 is 0. The van der Waals surface area contributed by atoms with Crippen LogP contribution < -0.4 is 14.8 Å². The number of rotatable bonds is 7. The molecule has 0 saturated heterocycles. The van der Waals surface area contributed by atoms with Gasteiger partial charge in [-0.1, -0.05) is 18.2 Å². The Labute approximate surface area is 126 Å². The average molecular weight is 285 g/mol. The summed E-state index contributed by atoms with van der Waals surface area (Å²) in [5.41, 5.74) is 3.54. The van der Waals surface area contributed by atoms with Gasteiger partial charge in [0.1, 0.15) is 18.1 Å². The molecular weight excluding hydrogens is 262 g/mol. The van der Waals surface area contributed by atoms with Crippen molar-refractivity contribution in [2.45, 2.75) is 20.8 Å². The van der Waals surface area contributed by atoms with Crippen LogP contribution >= 0.6 is 0 Å². The number of hydrogen-bond acceptors (Lipinski definition) is 3. The summed E-state index contributed by atoms with van der Waals surface area (Å²) in [6.07, 6.45) is 0. The lowest BCUT2D eigenvalue weighted by Crippen LogP contribution is -2.12. The second kappa shape index (κ2) is 7.58. The van der Waals surface area contributed by atoms with E-state index in [4.69, 9.17) is 9.47 Å². The molecule has 3 nitrogen and oxygen atoms in total. The van der Waals surface area contributed by atoms with Gasteiger partial charge in [-0.3, -0.25) is 0 Å². The van der Waals surface area contributed by atoms with Crippen LogP contribution in [-0.4, -0.2) is 19.8 Å². The third-order valence-electron chi connectivity index (χ3n) is 3.35. The summed E-state index contributed by atoms with van der Waals surface area (Å²) in [5, 5.41) is 3.34. The fourth-order valence-corrected chi connectivity index (χ4v) is 2.05. The van der Waals surface area contributed by atoms with Crippen LogP contribution in [0.1, 0.15) is 18.1 Å². The van der Waals surface area contributed by atoms with Crippen molar-refractivity contribution in [2.24, 2.45) is 0 Å². The molecule has 2 rings (SSSR count). The Kier molecular flexibility index (Phi) is 5.50. The lowest BCUT2D eigenvalue weighted by atomic mass is 10.1. The molecule has 112 valence electrons. The summed E-state index contributed by atoms with van der Waals surface area (Å²) in [6.45, 7) is 8.20. The van der Waals surface area contributed by atoms with Crippen molar-refractivity contribution < 1.29 is 9.47 Å². The fraction of sp³-hybridized carbons (Fsp3) is 0.333. The van der Waals surface area contributed by atoms with Crippen LogP contribution in [0.4, 0.5) is 5.69 Å². The molecule has 2 aromatic rings. The van der Waals surface area contributed by atoms with Gasteiger partial charge in [-0.2, -0.15) is 0 Å². The molecule has 0 aliphatic carbocycles. The van der Waals surface area contributed by atoms with Gasteiger partial charge in [-0.05, 0) is 56.2 Å². The molecule has 0 spiro atoms. The first-order valence-electron chi connectivity index (χ1n) is 7.36. The second-order valence-corrected chi connectivity index (χ2v) is 4.95. The Morgan fingerprint density at radius 1 is 0.952 bits per heavy atom. The molecule has 0 amide bonds. The standard InChI is InChI=1S/C18H23NO2/c1-4-20-18-8-6-5-7-17(18)19-11-12-21-16-10-9-14(2)15(3)13-16/h5-10,13,19H,4,11-12H2,1-3H3. The van der Waals surface area contributed by atoms with Crippen molar-refractivity contribution in [3.8, 4) is 11.5 Å². The highest BCUT2D eigenvalue weighted by molar-refractivity contribution is 5.56. The minimum atomic E-state index is 0.614. The molecule has 2 aromatic carbocycles. The van der Waals surface area contributed by atoms with Gasteiger partial charge in [0.25, 0.3) is 0 Å². The highest BCUT2D eigenvalue weighted by Gasteiger charge is 2.01. The summed E-state index contributed by atoms with van der Waals surface area (Å²) in [5.74, 6) is 1.80. The predicted molar refractivity (Wildman–Crippen MR) is 87.5 cm³/mol. The van der Waals surface area contributed by atoms with Crippen molar-refractivity contribution in [1.29, 1.82) is 0 Å². The zero-order chi connectivity index (χ0) is 15.1. The summed E-state index contributed by atoms with van der Waals surface area (Å²) < 4.78 is 11.3. The molecule has 0 radical (unpaired) electrons. The molecule has 0 saturated carbocycles. The van der Waals surface area contributed by atoms with Crippen molar-refractivity contribution >= 4 is 5.69 Å². The maximum atomic E-state index is 5.76. The Morgan fingerprint density at radius 3 is 2.52 bits per heavy atom. The van der Waals surface area contributed by atoms with Gasteiger partial charge < -0.3 is 14.8 Å². The van der Waals surface area contributed by atoms with Crippen molar-refractivity contribution in [2.75, 3.05) is 25.1 Å². The van der Waals surface area contributed by atoms with Crippen molar-refractivity contribution in [1.82, 2.24) is 0 Å². The minimum Gasteiger partial charge on any atom is -0.492 e. The maximum Gasteiger partial charge on any atom is 0.142 e. The van der Waals surface area contributed by atoms with E-state index in [9.17, 15) is 0 Å². The molecule has 0 atom stereocenters. The van der Waals surface area contributed by atoms with E-state index in [1.54, 1.807) is 0 Å². The normalized spacial score (nSPS) is 10.2. The van der Waals surface area contributed by atoms with Gasteiger partial charge in [0.15, 0.2) is 0 Å². The number of hydrogen-bond donors (Lipinski definition) is 1. The molecule has 21 heavy (non-hydrogen) atoms. The van der Waals surface area contributed by atoms with E-state index in [0.29, 0.717) is 13.2 Å². The minimum absolute atomic E-state index is 0.614. The Hall–Kier alpha value is -2.16. The van der Waals surface area contributed by atoms with Gasteiger partial charge in [0.05, 0.1) is 12.3 Å². The molecule has 0 bridgehead atoms. The van der Waals surface area contributed by atoms with Crippen LogP contribution in [0.3, 0.4) is 0 Å². The van der Waals surface area contributed by atoms with Gasteiger partial charge in [-0.15, -0.1) is 0 Å². The van der Waals surface area contributed by atoms with E-state index >= 15 is 0 Å². The lowest BCUT2D eigenvalue weighted by Gasteiger charge is -2.13. The molecule has 0 unspecified atom stereocenters. The van der Waals surface area contributed by atoms with Crippen LogP contribution in [0.15, 0.2) is 42.5 Å². The average Bonchev–Trinajstić information content (AvgIpc) is 2.49. The smallest absolute Gasteiger partial charge is 0.142 e. The first-order valence-corrected chi connectivity index (χ1v) is 7.36. The second-order valence-electron chi connectivity index (χ2n) is 4.95. The predicted octanol–water partition coefficient (Wildman–Crippen LogP) is 4.19. The van der Waals surface area contributed by atoms with Crippen LogP contribution in [0.25, 0.3) is 0 Å². The topological polar surface area (TPSA) is 30.5 Å². The quantitative estimate of drug-likeness (QED) is 0.774. The molecular formula is C18H23NO2. The van der Waals surface area contributed by atoms with E-state index in [1.165, 1.54) is 11.1 Å². The van der Waals surface area contributed by atoms with Crippen LogP contribution in [0.5, 0.6) is 11.5 Å². The summed E-state index contributed by atoms with van der Waals surface area (Å²) in [6, 6.07) is 14.1. The van der Waals surface area contributed by atoms with Crippen LogP contribution in [-0.2, 0) is 0 Å². The fourth-order valence-electron chi connectivity index (χ4n) is 2.05. The third kappa shape index (κ3) is 4.42. The number of anilines is 1. The molecule has 0 aliphatic heterocycles. The Balaban J connectivity index is 1.83. The Morgan fingerprint density at radius 2 is 1.76 bits per heavy atom. The van der Waals surface area contributed by atoms with Gasteiger partial charge in [-0.25, -0.2) is 0 Å². The SMILES string of the molecule is CCOc1ccccc1NCCOc1ccc(C)c(C)c1. The maximum absolute atomic E-state index is 5.76. The summed E-state index contributed by atoms with van der Waals surface area (Å²) in [4.78, 5) is 0. The van der Waals surface area contributed by atoms with E-state index in [1.807, 2.05) is 37.3 Å². The number of ether oxygens (including phenoxy) is 2. The number of benzene rings is 2. The molecule has 0 fully saturated rings. The van der Waals surface area contributed by atoms with E-state index in [2.05, 4.69) is 31.3 Å². The number of nitrogens with one attached hydrogen (secondary N) is 1. The molecule has 0 heterocycles. The number of aryl methyl sites for hydroxylation is 2. The van der Waals surface area contributed by atoms with Crippen LogP contribution in [0.2, 0.25) is 0 Å². The lowest BCUT2D eigenvalue weighted by molar-refractivity contribution is 0.330.